The summed E-state index contributed by atoms with van der Waals surface area (Å²) >= 11 is 0. The van der Waals surface area contributed by atoms with Crippen molar-refractivity contribution in [2.45, 2.75) is 20.5 Å². The molecule has 2 aromatic rings. The molecular formula is C10H12N2O. The lowest BCUT2D eigenvalue weighted by molar-refractivity contribution is 0.283. The normalized spacial score (nSPS) is 11.0. The third-order valence-electron chi connectivity index (χ3n) is 2.19. The van der Waals surface area contributed by atoms with Crippen LogP contribution in [0.3, 0.4) is 0 Å². The zero-order chi connectivity index (χ0) is 9.42. The van der Waals surface area contributed by atoms with Crippen molar-refractivity contribution < 1.29 is 5.11 Å². The van der Waals surface area contributed by atoms with Crippen LogP contribution in [0.15, 0.2) is 18.3 Å². The molecule has 0 saturated heterocycles. The third kappa shape index (κ3) is 1.21. The number of aliphatic hydroxyl groups is 1. The smallest absolute Gasteiger partial charge is 0.142 e. The van der Waals surface area contributed by atoms with Crippen molar-refractivity contribution in [3.63, 3.8) is 0 Å². The lowest BCUT2D eigenvalue weighted by Gasteiger charge is -2.02. The lowest BCUT2D eigenvalue weighted by Crippen LogP contribution is -1.96. The number of aromatic nitrogens is 2. The number of hydrogen-bond acceptors (Lipinski definition) is 2. The van der Waals surface area contributed by atoms with E-state index in [9.17, 15) is 0 Å². The summed E-state index contributed by atoms with van der Waals surface area (Å²) in [6.07, 6.45) is 1.93. The molecule has 0 aliphatic heterocycles. The topological polar surface area (TPSA) is 37.5 Å². The standard InChI is InChI=1S/C10H12N2O/c1-7-5-8(2)12-4-3-9(6-13)10(12)11-7/h3-5,13H,6H2,1-2H3. The summed E-state index contributed by atoms with van der Waals surface area (Å²) in [7, 11) is 0. The van der Waals surface area contributed by atoms with Crippen molar-refractivity contribution in [1.29, 1.82) is 0 Å². The maximum absolute atomic E-state index is 9.05. The number of nitrogens with zero attached hydrogens (tertiary/aromatic N) is 2. The van der Waals surface area contributed by atoms with E-state index in [0.717, 1.165) is 22.6 Å². The minimum absolute atomic E-state index is 0.0480. The van der Waals surface area contributed by atoms with E-state index >= 15 is 0 Å². The Balaban J connectivity index is 2.82. The first-order valence-corrected chi connectivity index (χ1v) is 4.27. The second-order valence-corrected chi connectivity index (χ2v) is 3.23. The average molecular weight is 176 g/mol. The van der Waals surface area contributed by atoms with E-state index in [1.54, 1.807) is 0 Å². The maximum Gasteiger partial charge on any atom is 0.142 e. The lowest BCUT2D eigenvalue weighted by atomic mass is 10.3. The quantitative estimate of drug-likeness (QED) is 0.714. The zero-order valence-electron chi connectivity index (χ0n) is 7.78. The van der Waals surface area contributed by atoms with Crippen LogP contribution in [-0.2, 0) is 6.61 Å². The fourth-order valence-corrected chi connectivity index (χ4v) is 1.57. The van der Waals surface area contributed by atoms with Crippen molar-refractivity contribution in [3.8, 4) is 0 Å². The molecule has 0 saturated carbocycles. The van der Waals surface area contributed by atoms with Gasteiger partial charge in [-0.1, -0.05) is 0 Å². The second-order valence-electron chi connectivity index (χ2n) is 3.23. The Kier molecular flexibility index (Phi) is 1.81. The number of aliphatic hydroxyl groups excluding tert-OH is 1. The van der Waals surface area contributed by atoms with E-state index in [1.807, 2.05) is 36.6 Å². The Morgan fingerprint density at radius 2 is 2.23 bits per heavy atom. The van der Waals surface area contributed by atoms with Gasteiger partial charge in [0.2, 0.25) is 0 Å². The molecule has 0 aliphatic rings. The summed E-state index contributed by atoms with van der Waals surface area (Å²) in [4.78, 5) is 4.37. The van der Waals surface area contributed by atoms with E-state index < -0.39 is 0 Å². The van der Waals surface area contributed by atoms with Crippen molar-refractivity contribution in [3.05, 3.63) is 35.3 Å². The van der Waals surface area contributed by atoms with Gasteiger partial charge in [0.15, 0.2) is 0 Å². The van der Waals surface area contributed by atoms with Crippen LogP contribution in [0.5, 0.6) is 0 Å². The van der Waals surface area contributed by atoms with Crippen LogP contribution in [0.1, 0.15) is 17.0 Å². The summed E-state index contributed by atoms with van der Waals surface area (Å²) in [6, 6.07) is 3.92. The predicted octanol–water partition coefficient (Wildman–Crippen LogP) is 1.44. The number of rotatable bonds is 1. The molecule has 0 fully saturated rings. The highest BCUT2D eigenvalue weighted by Gasteiger charge is 2.04. The minimum atomic E-state index is 0.0480. The van der Waals surface area contributed by atoms with Crippen molar-refractivity contribution in [2.75, 3.05) is 0 Å². The van der Waals surface area contributed by atoms with Crippen LogP contribution in [0.25, 0.3) is 5.65 Å². The summed E-state index contributed by atoms with van der Waals surface area (Å²) in [6.45, 7) is 4.04. The van der Waals surface area contributed by atoms with Crippen molar-refractivity contribution in [2.24, 2.45) is 0 Å². The molecule has 0 aromatic carbocycles. The molecule has 0 unspecified atom stereocenters. The largest absolute Gasteiger partial charge is 0.392 e. The van der Waals surface area contributed by atoms with Gasteiger partial charge in [0.05, 0.1) is 6.61 Å². The van der Waals surface area contributed by atoms with Gasteiger partial charge in [-0.3, -0.25) is 0 Å². The van der Waals surface area contributed by atoms with Gasteiger partial charge >= 0.3 is 0 Å². The van der Waals surface area contributed by atoms with Crippen LogP contribution < -0.4 is 0 Å². The fourth-order valence-electron chi connectivity index (χ4n) is 1.57. The summed E-state index contributed by atoms with van der Waals surface area (Å²) < 4.78 is 1.98. The molecule has 0 aliphatic carbocycles. The molecule has 0 bridgehead atoms. The van der Waals surface area contributed by atoms with Crippen LogP contribution >= 0.6 is 0 Å². The minimum Gasteiger partial charge on any atom is -0.392 e. The molecule has 0 atom stereocenters. The first-order valence-electron chi connectivity index (χ1n) is 4.27. The van der Waals surface area contributed by atoms with E-state index in [0.29, 0.717) is 0 Å². The first-order chi connectivity index (χ1) is 6.22. The predicted molar refractivity (Wildman–Crippen MR) is 50.6 cm³/mol. The van der Waals surface area contributed by atoms with Gasteiger partial charge in [-0.05, 0) is 26.0 Å². The van der Waals surface area contributed by atoms with Crippen LogP contribution in [0.2, 0.25) is 0 Å². The first kappa shape index (κ1) is 8.26. The third-order valence-corrected chi connectivity index (χ3v) is 2.19. The van der Waals surface area contributed by atoms with Gasteiger partial charge < -0.3 is 9.51 Å². The van der Waals surface area contributed by atoms with Crippen molar-refractivity contribution >= 4 is 5.65 Å². The van der Waals surface area contributed by atoms with E-state index in [2.05, 4.69) is 4.98 Å². The summed E-state index contributed by atoms with van der Waals surface area (Å²) in [5.74, 6) is 0. The molecule has 3 heteroatoms. The van der Waals surface area contributed by atoms with Crippen molar-refractivity contribution in [1.82, 2.24) is 9.38 Å². The summed E-state index contributed by atoms with van der Waals surface area (Å²) in [5.41, 5.74) is 3.87. The molecule has 2 heterocycles. The Morgan fingerprint density at radius 1 is 1.46 bits per heavy atom. The van der Waals surface area contributed by atoms with E-state index in [-0.39, 0.29) is 6.61 Å². The Bertz CT molecular complexity index is 445. The summed E-state index contributed by atoms with van der Waals surface area (Å²) in [5, 5.41) is 9.05. The second kappa shape index (κ2) is 2.85. The molecule has 13 heavy (non-hydrogen) atoms. The molecule has 0 radical (unpaired) electrons. The maximum atomic E-state index is 9.05. The van der Waals surface area contributed by atoms with Crippen LogP contribution in [0, 0.1) is 13.8 Å². The average Bonchev–Trinajstić information content (AvgIpc) is 2.47. The van der Waals surface area contributed by atoms with Crippen LogP contribution in [-0.4, -0.2) is 14.5 Å². The van der Waals surface area contributed by atoms with Gasteiger partial charge in [-0.25, -0.2) is 4.98 Å². The highest BCUT2D eigenvalue weighted by molar-refractivity contribution is 5.50. The van der Waals surface area contributed by atoms with Gasteiger partial charge in [-0.15, -0.1) is 0 Å². The van der Waals surface area contributed by atoms with Gasteiger partial charge in [-0.2, -0.15) is 0 Å². The van der Waals surface area contributed by atoms with E-state index in [1.165, 1.54) is 0 Å². The molecule has 3 nitrogen and oxygen atoms in total. The number of hydrogen-bond donors (Lipinski definition) is 1. The Hall–Kier alpha value is -1.35. The SMILES string of the molecule is Cc1cc(C)n2ccc(CO)c2n1. The molecule has 2 rings (SSSR count). The number of fused-ring (bicyclic) bond motifs is 1. The molecule has 68 valence electrons. The molecular weight excluding hydrogens is 164 g/mol. The molecule has 2 aromatic heterocycles. The number of aryl methyl sites for hydroxylation is 2. The van der Waals surface area contributed by atoms with Crippen LogP contribution in [0.4, 0.5) is 0 Å². The highest BCUT2D eigenvalue weighted by atomic mass is 16.3. The molecule has 1 N–H and O–H groups in total. The van der Waals surface area contributed by atoms with Gasteiger partial charge in [0.1, 0.15) is 5.65 Å². The molecule has 0 spiro atoms. The van der Waals surface area contributed by atoms with Gasteiger partial charge in [0, 0.05) is 23.1 Å². The Labute approximate surface area is 76.7 Å². The highest BCUT2D eigenvalue weighted by Crippen LogP contribution is 2.13. The monoisotopic (exact) mass is 176 g/mol. The molecule has 0 amide bonds. The van der Waals surface area contributed by atoms with E-state index in [4.69, 9.17) is 5.11 Å². The Morgan fingerprint density at radius 3 is 2.92 bits per heavy atom. The van der Waals surface area contributed by atoms with Gasteiger partial charge in [0.25, 0.3) is 0 Å². The fraction of sp³-hybridized carbons (Fsp3) is 0.300. The zero-order valence-corrected chi connectivity index (χ0v) is 7.78.